The molecule has 1 heteroatoms. The van der Waals surface area contributed by atoms with Crippen LogP contribution in [0.1, 0.15) is 6.92 Å². The van der Waals surface area contributed by atoms with Crippen molar-refractivity contribution < 1.29 is 4.39 Å². The zero-order chi connectivity index (χ0) is 7.56. The molecule has 0 fully saturated rings. The Balaban J connectivity index is 2.75. The molecule has 0 saturated carbocycles. The third kappa shape index (κ3) is 1.35. The van der Waals surface area contributed by atoms with Gasteiger partial charge in [0.2, 0.25) is 0 Å². The molecule has 0 saturated heterocycles. The van der Waals surface area contributed by atoms with E-state index in [9.17, 15) is 4.39 Å². The Morgan fingerprint density at radius 2 is 2.40 bits per heavy atom. The fourth-order valence-corrected chi connectivity index (χ4v) is 0.965. The van der Waals surface area contributed by atoms with Gasteiger partial charge < -0.3 is 0 Å². The minimum Gasteiger partial charge on any atom is -0.242 e. The highest BCUT2D eigenvalue weighted by Crippen LogP contribution is 2.19. The Kier molecular flexibility index (Phi) is 2.05. The van der Waals surface area contributed by atoms with E-state index >= 15 is 0 Å². The number of allylic oxidation sites excluding steroid dienone is 5. The van der Waals surface area contributed by atoms with Gasteiger partial charge in [-0.1, -0.05) is 31.7 Å². The highest BCUT2D eigenvalue weighted by Gasteiger charge is 2.13. The van der Waals surface area contributed by atoms with Crippen LogP contribution in [0, 0.1) is 5.92 Å². The van der Waals surface area contributed by atoms with Crippen LogP contribution in [0.2, 0.25) is 0 Å². The molecule has 0 aliphatic heterocycles. The molecule has 0 bridgehead atoms. The maximum atomic E-state index is 12.7. The van der Waals surface area contributed by atoms with Gasteiger partial charge in [-0.3, -0.25) is 0 Å². The minimum atomic E-state index is -0.816. The van der Waals surface area contributed by atoms with E-state index in [-0.39, 0.29) is 5.92 Å². The molecule has 0 nitrogen and oxygen atoms in total. The molecule has 2 unspecified atom stereocenters. The molecule has 0 heterocycles. The zero-order valence-corrected chi connectivity index (χ0v) is 6.05. The van der Waals surface area contributed by atoms with Gasteiger partial charge in [-0.2, -0.15) is 0 Å². The highest BCUT2D eigenvalue weighted by atomic mass is 19.1. The summed E-state index contributed by atoms with van der Waals surface area (Å²) in [5.74, 6) is -0.00185. The van der Waals surface area contributed by atoms with Gasteiger partial charge in [-0.15, -0.1) is 0 Å². The fraction of sp³-hybridized carbons (Fsp3) is 0.333. The van der Waals surface area contributed by atoms with Crippen LogP contribution in [-0.2, 0) is 0 Å². The van der Waals surface area contributed by atoms with Crippen LogP contribution in [0.15, 0.2) is 36.5 Å². The van der Waals surface area contributed by atoms with Gasteiger partial charge in [0, 0.05) is 5.92 Å². The summed E-state index contributed by atoms with van der Waals surface area (Å²) in [6.07, 6.45) is 6.14. The number of hydrogen-bond donors (Lipinski definition) is 0. The molecule has 0 radical (unpaired) electrons. The first-order valence-corrected chi connectivity index (χ1v) is 3.40. The Bertz CT molecular complexity index is 189. The van der Waals surface area contributed by atoms with Gasteiger partial charge in [0.1, 0.15) is 6.17 Å². The first kappa shape index (κ1) is 7.26. The average Bonchev–Trinajstić information content (AvgIpc) is 1.95. The Morgan fingerprint density at radius 3 is 2.90 bits per heavy atom. The van der Waals surface area contributed by atoms with E-state index in [1.54, 1.807) is 18.2 Å². The van der Waals surface area contributed by atoms with Crippen LogP contribution in [-0.4, -0.2) is 6.17 Å². The van der Waals surface area contributed by atoms with Crippen molar-refractivity contribution in [2.45, 2.75) is 13.1 Å². The summed E-state index contributed by atoms with van der Waals surface area (Å²) in [4.78, 5) is 0. The summed E-state index contributed by atoms with van der Waals surface area (Å²) in [6, 6.07) is 0. The molecule has 0 aromatic carbocycles. The molecule has 0 spiro atoms. The first-order chi connectivity index (χ1) is 4.74. The summed E-state index contributed by atoms with van der Waals surface area (Å²) in [5, 5.41) is 0. The maximum Gasteiger partial charge on any atom is 0.125 e. The smallest absolute Gasteiger partial charge is 0.125 e. The lowest BCUT2D eigenvalue weighted by molar-refractivity contribution is 0.333. The Hall–Kier alpha value is -0.850. The largest absolute Gasteiger partial charge is 0.242 e. The predicted octanol–water partition coefficient (Wildman–Crippen LogP) is 2.64. The highest BCUT2D eigenvalue weighted by molar-refractivity contribution is 5.33. The van der Waals surface area contributed by atoms with Gasteiger partial charge in [0.05, 0.1) is 0 Å². The van der Waals surface area contributed by atoms with Crippen molar-refractivity contribution in [3.63, 3.8) is 0 Å². The van der Waals surface area contributed by atoms with Crippen LogP contribution in [0.5, 0.6) is 0 Å². The van der Waals surface area contributed by atoms with E-state index in [0.29, 0.717) is 0 Å². The molecule has 10 heavy (non-hydrogen) atoms. The lowest BCUT2D eigenvalue weighted by Gasteiger charge is -2.13. The van der Waals surface area contributed by atoms with Crippen molar-refractivity contribution in [3.05, 3.63) is 36.5 Å². The third-order valence-corrected chi connectivity index (χ3v) is 1.67. The third-order valence-electron chi connectivity index (χ3n) is 1.67. The van der Waals surface area contributed by atoms with E-state index in [4.69, 9.17) is 0 Å². The van der Waals surface area contributed by atoms with Crippen molar-refractivity contribution in [1.29, 1.82) is 0 Å². The van der Waals surface area contributed by atoms with Crippen molar-refractivity contribution in [3.8, 4) is 0 Å². The van der Waals surface area contributed by atoms with Crippen molar-refractivity contribution in [2.24, 2.45) is 5.92 Å². The second kappa shape index (κ2) is 2.82. The summed E-state index contributed by atoms with van der Waals surface area (Å²) in [6.45, 7) is 5.46. The summed E-state index contributed by atoms with van der Waals surface area (Å²) >= 11 is 0. The molecule has 1 aliphatic rings. The van der Waals surface area contributed by atoms with Gasteiger partial charge in [-0.25, -0.2) is 4.39 Å². The number of rotatable bonds is 1. The summed E-state index contributed by atoms with van der Waals surface area (Å²) in [7, 11) is 0. The van der Waals surface area contributed by atoms with E-state index in [1.165, 1.54) is 0 Å². The Labute approximate surface area is 60.7 Å². The summed E-state index contributed by atoms with van der Waals surface area (Å²) < 4.78 is 12.7. The van der Waals surface area contributed by atoms with Gasteiger partial charge in [0.15, 0.2) is 0 Å². The second-order valence-corrected chi connectivity index (χ2v) is 2.53. The zero-order valence-electron chi connectivity index (χ0n) is 6.05. The van der Waals surface area contributed by atoms with E-state index in [1.807, 2.05) is 13.0 Å². The van der Waals surface area contributed by atoms with Crippen molar-refractivity contribution in [1.82, 2.24) is 0 Å². The molecule has 1 rings (SSSR count). The number of hydrogen-bond acceptors (Lipinski definition) is 0. The molecular weight excluding hydrogens is 127 g/mol. The van der Waals surface area contributed by atoms with Gasteiger partial charge in [-0.05, 0) is 11.6 Å². The monoisotopic (exact) mass is 138 g/mol. The van der Waals surface area contributed by atoms with Gasteiger partial charge >= 0.3 is 0 Å². The van der Waals surface area contributed by atoms with Crippen LogP contribution in [0.3, 0.4) is 0 Å². The van der Waals surface area contributed by atoms with Gasteiger partial charge in [0.25, 0.3) is 0 Å². The maximum absolute atomic E-state index is 12.7. The topological polar surface area (TPSA) is 0 Å². The molecule has 0 aromatic heterocycles. The average molecular weight is 138 g/mol. The standard InChI is InChI=1S/C9H11F/c1-3-8-4-5-9(10)7(2)6-8/h3-7,9H,1H2,2H3. The minimum absolute atomic E-state index is 0.00185. The number of halogens is 1. The molecular formula is C9H11F. The fourth-order valence-electron chi connectivity index (χ4n) is 0.965. The number of alkyl halides is 1. The lowest BCUT2D eigenvalue weighted by Crippen LogP contribution is -2.10. The quantitative estimate of drug-likeness (QED) is 0.522. The van der Waals surface area contributed by atoms with Crippen molar-refractivity contribution in [2.75, 3.05) is 0 Å². The van der Waals surface area contributed by atoms with E-state index in [0.717, 1.165) is 5.57 Å². The van der Waals surface area contributed by atoms with E-state index < -0.39 is 6.17 Å². The molecule has 1 aliphatic carbocycles. The van der Waals surface area contributed by atoms with Crippen LogP contribution >= 0.6 is 0 Å². The molecule has 0 N–H and O–H groups in total. The van der Waals surface area contributed by atoms with Crippen LogP contribution < -0.4 is 0 Å². The Morgan fingerprint density at radius 1 is 1.70 bits per heavy atom. The molecule has 2 atom stereocenters. The molecule has 0 aromatic rings. The first-order valence-electron chi connectivity index (χ1n) is 3.40. The second-order valence-electron chi connectivity index (χ2n) is 2.53. The molecule has 54 valence electrons. The summed E-state index contributed by atoms with van der Waals surface area (Å²) in [5.41, 5.74) is 1.02. The van der Waals surface area contributed by atoms with E-state index in [2.05, 4.69) is 6.58 Å². The lowest BCUT2D eigenvalue weighted by atomic mass is 9.96. The molecule has 0 amide bonds. The normalized spacial score (nSPS) is 31.6. The van der Waals surface area contributed by atoms with Crippen LogP contribution in [0.4, 0.5) is 4.39 Å². The van der Waals surface area contributed by atoms with Crippen molar-refractivity contribution >= 4 is 0 Å². The van der Waals surface area contributed by atoms with Crippen LogP contribution in [0.25, 0.3) is 0 Å². The predicted molar refractivity (Wildman–Crippen MR) is 41.5 cm³/mol. The SMILES string of the molecule is C=CC1=CC(C)C(F)C=C1.